The lowest BCUT2D eigenvalue weighted by Gasteiger charge is -2.42. The van der Waals surface area contributed by atoms with Gasteiger partial charge in [-0.05, 0) is 43.9 Å². The van der Waals surface area contributed by atoms with E-state index in [0.29, 0.717) is 0 Å². The summed E-state index contributed by atoms with van der Waals surface area (Å²) in [7, 11) is 0. The first-order chi connectivity index (χ1) is 10.2. The van der Waals surface area contributed by atoms with Crippen LogP contribution in [0.5, 0.6) is 0 Å². The van der Waals surface area contributed by atoms with E-state index in [0.717, 1.165) is 69.7 Å². The van der Waals surface area contributed by atoms with Gasteiger partial charge in [0.2, 0.25) is 5.91 Å². The largest absolute Gasteiger partial charge is 0.339 e. The van der Waals surface area contributed by atoms with Crippen molar-refractivity contribution in [2.24, 2.45) is 17.6 Å². The number of piperazine rings is 1. The number of carbonyl (C=O) groups is 1. The van der Waals surface area contributed by atoms with E-state index in [9.17, 15) is 4.79 Å². The number of halogens is 2. The van der Waals surface area contributed by atoms with Crippen molar-refractivity contribution in [3.05, 3.63) is 0 Å². The molecule has 6 heteroatoms. The fourth-order valence-electron chi connectivity index (χ4n) is 5.45. The second-order valence-electron chi connectivity index (χ2n) is 7.93. The molecule has 4 rings (SSSR count). The van der Waals surface area contributed by atoms with Crippen LogP contribution in [0.4, 0.5) is 0 Å². The van der Waals surface area contributed by atoms with E-state index < -0.39 is 5.54 Å². The van der Waals surface area contributed by atoms with Crippen molar-refractivity contribution in [2.75, 3.05) is 26.2 Å². The fourth-order valence-corrected chi connectivity index (χ4v) is 5.45. The number of amides is 1. The van der Waals surface area contributed by atoms with E-state index in [1.165, 1.54) is 25.7 Å². The number of rotatable bonds is 2. The Kier molecular flexibility index (Phi) is 6.26. The highest BCUT2D eigenvalue weighted by Gasteiger charge is 2.44. The van der Waals surface area contributed by atoms with E-state index in [-0.39, 0.29) is 30.7 Å². The lowest BCUT2D eigenvalue weighted by atomic mass is 9.93. The molecule has 1 saturated heterocycles. The molecule has 0 radical (unpaired) electrons. The molecule has 3 atom stereocenters. The molecule has 3 unspecified atom stereocenters. The van der Waals surface area contributed by atoms with Crippen molar-refractivity contribution in [2.45, 2.75) is 62.9 Å². The molecule has 23 heavy (non-hydrogen) atoms. The summed E-state index contributed by atoms with van der Waals surface area (Å²) in [6, 6.07) is 0.819. The zero-order valence-electron chi connectivity index (χ0n) is 13.9. The van der Waals surface area contributed by atoms with Crippen LogP contribution in [0, 0.1) is 11.8 Å². The molecule has 3 aliphatic carbocycles. The third-order valence-corrected chi connectivity index (χ3v) is 6.69. The molecule has 3 saturated carbocycles. The van der Waals surface area contributed by atoms with Gasteiger partial charge in [0.25, 0.3) is 0 Å². The molecule has 2 N–H and O–H groups in total. The maximum atomic E-state index is 12.7. The van der Waals surface area contributed by atoms with Gasteiger partial charge in [-0.25, -0.2) is 0 Å². The van der Waals surface area contributed by atoms with Gasteiger partial charge in [0.15, 0.2) is 0 Å². The van der Waals surface area contributed by atoms with Gasteiger partial charge >= 0.3 is 0 Å². The molecule has 1 heterocycles. The molecule has 1 aliphatic heterocycles. The van der Waals surface area contributed by atoms with E-state index >= 15 is 0 Å². The van der Waals surface area contributed by atoms with Crippen LogP contribution >= 0.6 is 24.8 Å². The van der Waals surface area contributed by atoms with Crippen LogP contribution in [0.2, 0.25) is 0 Å². The second-order valence-corrected chi connectivity index (χ2v) is 7.93. The smallest absolute Gasteiger partial charge is 0.242 e. The van der Waals surface area contributed by atoms with Crippen molar-refractivity contribution in [1.29, 1.82) is 0 Å². The first-order valence-corrected chi connectivity index (χ1v) is 8.98. The number of fused-ring (bicyclic) bond motifs is 2. The number of hydrogen-bond donors (Lipinski definition) is 1. The Bertz CT molecular complexity index is 420. The van der Waals surface area contributed by atoms with Crippen LogP contribution in [0.1, 0.15) is 51.4 Å². The van der Waals surface area contributed by atoms with Gasteiger partial charge in [-0.3, -0.25) is 9.69 Å². The van der Waals surface area contributed by atoms with E-state index in [1.807, 2.05) is 0 Å². The van der Waals surface area contributed by atoms with Crippen LogP contribution in [0.3, 0.4) is 0 Å². The minimum atomic E-state index is -0.533. The monoisotopic (exact) mass is 363 g/mol. The highest BCUT2D eigenvalue weighted by Crippen LogP contribution is 2.46. The summed E-state index contributed by atoms with van der Waals surface area (Å²) in [6.45, 7) is 3.92. The Morgan fingerprint density at radius 2 is 1.61 bits per heavy atom. The lowest BCUT2D eigenvalue weighted by Crippen LogP contribution is -2.59. The minimum Gasteiger partial charge on any atom is -0.339 e. The van der Waals surface area contributed by atoms with Gasteiger partial charge in [0.05, 0.1) is 5.54 Å². The zero-order chi connectivity index (χ0) is 14.4. The number of carbonyl (C=O) groups excluding carboxylic acids is 1. The van der Waals surface area contributed by atoms with Crippen molar-refractivity contribution in [3.8, 4) is 0 Å². The van der Waals surface area contributed by atoms with Crippen molar-refractivity contribution >= 4 is 30.7 Å². The maximum Gasteiger partial charge on any atom is 0.242 e. The average molecular weight is 364 g/mol. The molecule has 4 aliphatic rings. The maximum absolute atomic E-state index is 12.7. The fraction of sp³-hybridized carbons (Fsp3) is 0.941. The van der Waals surface area contributed by atoms with Gasteiger partial charge in [0.1, 0.15) is 0 Å². The minimum absolute atomic E-state index is 0. The quantitative estimate of drug-likeness (QED) is 0.819. The Morgan fingerprint density at radius 1 is 0.957 bits per heavy atom. The van der Waals surface area contributed by atoms with Crippen molar-refractivity contribution < 1.29 is 4.79 Å². The summed E-state index contributed by atoms with van der Waals surface area (Å²) >= 11 is 0. The number of nitrogens with zero attached hydrogens (tertiary/aromatic N) is 2. The second kappa shape index (κ2) is 7.47. The first kappa shape index (κ1) is 19.3. The highest BCUT2D eigenvalue weighted by molar-refractivity contribution is 5.86. The lowest BCUT2D eigenvalue weighted by molar-refractivity contribution is -0.139. The van der Waals surface area contributed by atoms with Gasteiger partial charge in [-0.1, -0.05) is 19.3 Å². The molecule has 0 aromatic rings. The van der Waals surface area contributed by atoms with Gasteiger partial charge in [-0.15, -0.1) is 24.8 Å². The van der Waals surface area contributed by atoms with Gasteiger partial charge in [0, 0.05) is 32.2 Å². The van der Waals surface area contributed by atoms with Crippen LogP contribution in [0.15, 0.2) is 0 Å². The van der Waals surface area contributed by atoms with Crippen molar-refractivity contribution in [3.63, 3.8) is 0 Å². The molecule has 0 aromatic heterocycles. The SMILES string of the molecule is Cl.Cl.NC1(C(=O)N2CCN(C3CC4CCC3C4)CC2)CCCC1. The van der Waals surface area contributed by atoms with Crippen LogP contribution < -0.4 is 5.73 Å². The summed E-state index contributed by atoms with van der Waals surface area (Å²) in [5, 5.41) is 0. The normalized spacial score (nSPS) is 35.7. The molecule has 2 bridgehead atoms. The highest BCUT2D eigenvalue weighted by atomic mass is 35.5. The summed E-state index contributed by atoms with van der Waals surface area (Å²) in [5.41, 5.74) is 5.80. The van der Waals surface area contributed by atoms with Crippen LogP contribution in [-0.4, -0.2) is 53.5 Å². The number of hydrogen-bond acceptors (Lipinski definition) is 3. The molecule has 0 aromatic carbocycles. The molecule has 0 spiro atoms. The molecule has 4 nitrogen and oxygen atoms in total. The summed E-state index contributed by atoms with van der Waals surface area (Å²) in [6.07, 6.45) is 9.81. The summed E-state index contributed by atoms with van der Waals surface area (Å²) < 4.78 is 0. The third kappa shape index (κ3) is 3.51. The molecule has 1 amide bonds. The van der Waals surface area contributed by atoms with E-state index in [2.05, 4.69) is 9.80 Å². The topological polar surface area (TPSA) is 49.6 Å². The standard InChI is InChI=1S/C17H29N3O.2ClH/c18-17(5-1-2-6-17)16(21)20-9-7-19(8-10-20)15-12-13-3-4-14(15)11-13;;/h13-15H,1-12,18H2;2*1H. The van der Waals surface area contributed by atoms with Crippen LogP contribution in [-0.2, 0) is 4.79 Å². The summed E-state index contributed by atoms with van der Waals surface area (Å²) in [5.74, 6) is 2.19. The molecular formula is C17H31Cl2N3O. The predicted molar refractivity (Wildman–Crippen MR) is 97.3 cm³/mol. The molecule has 4 fully saturated rings. The number of nitrogens with two attached hydrogens (primary N) is 1. The first-order valence-electron chi connectivity index (χ1n) is 8.98. The van der Waals surface area contributed by atoms with Crippen molar-refractivity contribution in [1.82, 2.24) is 9.80 Å². The Morgan fingerprint density at radius 3 is 2.13 bits per heavy atom. The Hall–Kier alpha value is -0.0300. The third-order valence-electron chi connectivity index (χ3n) is 6.69. The molecule has 134 valence electrons. The Balaban J connectivity index is 0.000000960. The average Bonchev–Trinajstić information content (AvgIpc) is 3.23. The van der Waals surface area contributed by atoms with Gasteiger partial charge < -0.3 is 10.6 Å². The van der Waals surface area contributed by atoms with Gasteiger partial charge in [-0.2, -0.15) is 0 Å². The summed E-state index contributed by atoms with van der Waals surface area (Å²) in [4.78, 5) is 17.4. The Labute approximate surface area is 152 Å². The van der Waals surface area contributed by atoms with Crippen LogP contribution in [0.25, 0.3) is 0 Å². The zero-order valence-corrected chi connectivity index (χ0v) is 15.5. The molecular weight excluding hydrogens is 333 g/mol. The predicted octanol–water partition coefficient (Wildman–Crippen LogP) is 2.43. The van der Waals surface area contributed by atoms with E-state index in [4.69, 9.17) is 5.73 Å². The van der Waals surface area contributed by atoms with E-state index in [1.54, 1.807) is 0 Å².